The highest BCUT2D eigenvalue weighted by Crippen LogP contribution is 2.69. The van der Waals surface area contributed by atoms with Crippen LogP contribution in [0, 0.1) is 40.4 Å². The van der Waals surface area contributed by atoms with Crippen LogP contribution in [0.1, 0.15) is 86.5 Å². The highest BCUT2D eigenvalue weighted by Gasteiger charge is 2.69. The third-order valence-corrected chi connectivity index (χ3v) is 10.9. The summed E-state index contributed by atoms with van der Waals surface area (Å²) in [5, 5.41) is 45.2. The van der Waals surface area contributed by atoms with Gasteiger partial charge < -0.3 is 20.4 Å². The van der Waals surface area contributed by atoms with E-state index >= 15 is 0 Å². The molecule has 4 aliphatic carbocycles. The van der Waals surface area contributed by atoms with Crippen molar-refractivity contribution < 1.29 is 20.4 Å². The van der Waals surface area contributed by atoms with Crippen molar-refractivity contribution in [2.24, 2.45) is 40.4 Å². The topological polar surface area (TPSA) is 80.9 Å². The van der Waals surface area contributed by atoms with E-state index in [1.165, 1.54) is 0 Å². The molecule has 0 aliphatic heterocycles. The molecule has 4 N–H and O–H groups in total. The second kappa shape index (κ2) is 7.93. The Morgan fingerprint density at radius 1 is 0.906 bits per heavy atom. The molecule has 10 atom stereocenters. The Kier molecular flexibility index (Phi) is 6.06. The van der Waals surface area contributed by atoms with E-state index in [4.69, 9.17) is 0 Å². The van der Waals surface area contributed by atoms with Gasteiger partial charge in [0, 0.05) is 17.3 Å². The van der Waals surface area contributed by atoms with Crippen LogP contribution in [0.4, 0.5) is 0 Å². The van der Waals surface area contributed by atoms with Gasteiger partial charge in [0.05, 0.1) is 11.7 Å². The predicted octanol–water partition coefficient (Wildman–Crippen LogP) is 4.61. The normalized spacial score (nSPS) is 50.5. The maximum atomic E-state index is 12.3. The molecule has 0 radical (unpaired) electrons. The fourth-order valence-corrected chi connectivity index (χ4v) is 8.11. The maximum Gasteiger partial charge on any atom is 0.102 e. The molecule has 4 aliphatic rings. The van der Waals surface area contributed by atoms with Crippen LogP contribution in [0.25, 0.3) is 0 Å². The zero-order chi connectivity index (χ0) is 23.7. The number of fused-ring (bicyclic) bond motifs is 5. The quantitative estimate of drug-likeness (QED) is 0.475. The van der Waals surface area contributed by atoms with Crippen molar-refractivity contribution >= 4 is 0 Å². The summed E-state index contributed by atoms with van der Waals surface area (Å²) in [7, 11) is 0. The molecule has 10 unspecified atom stereocenters. The lowest BCUT2D eigenvalue weighted by Crippen LogP contribution is -2.67. The first-order valence-electron chi connectivity index (χ1n) is 13.0. The van der Waals surface area contributed by atoms with Gasteiger partial charge in [-0.05, 0) is 73.7 Å². The highest BCUT2D eigenvalue weighted by molar-refractivity contribution is 5.39. The van der Waals surface area contributed by atoms with E-state index in [-0.39, 0.29) is 17.8 Å². The molecule has 4 rings (SSSR count). The van der Waals surface area contributed by atoms with E-state index in [2.05, 4.69) is 53.7 Å². The Morgan fingerprint density at radius 3 is 2.22 bits per heavy atom. The van der Waals surface area contributed by atoms with Gasteiger partial charge in [-0.1, -0.05) is 59.8 Å². The van der Waals surface area contributed by atoms with Crippen LogP contribution < -0.4 is 0 Å². The Balaban J connectivity index is 1.67. The van der Waals surface area contributed by atoms with Crippen molar-refractivity contribution in [3.63, 3.8) is 0 Å². The second-order valence-electron chi connectivity index (χ2n) is 12.7. The maximum absolute atomic E-state index is 12.3. The molecule has 0 aromatic rings. The Labute approximate surface area is 194 Å². The van der Waals surface area contributed by atoms with Gasteiger partial charge in [0.25, 0.3) is 0 Å². The fraction of sp³-hybridized carbons (Fsp3) is 0.857. The van der Waals surface area contributed by atoms with E-state index in [1.54, 1.807) is 6.08 Å². The first kappa shape index (κ1) is 24.4. The van der Waals surface area contributed by atoms with E-state index in [0.29, 0.717) is 36.5 Å². The van der Waals surface area contributed by atoms with Gasteiger partial charge in [-0.3, -0.25) is 0 Å². The van der Waals surface area contributed by atoms with Crippen molar-refractivity contribution in [3.8, 4) is 0 Å². The molecule has 0 saturated heterocycles. The van der Waals surface area contributed by atoms with Crippen molar-refractivity contribution in [1.82, 2.24) is 0 Å². The van der Waals surface area contributed by atoms with Gasteiger partial charge in [0.2, 0.25) is 0 Å². The molecule has 0 amide bonds. The average molecular weight is 447 g/mol. The number of hydrogen-bond acceptors (Lipinski definition) is 4. The lowest BCUT2D eigenvalue weighted by molar-refractivity contribution is -0.219. The summed E-state index contributed by atoms with van der Waals surface area (Å²) >= 11 is 0. The van der Waals surface area contributed by atoms with Crippen molar-refractivity contribution in [3.05, 3.63) is 23.8 Å². The number of aliphatic hydroxyl groups excluding tert-OH is 2. The van der Waals surface area contributed by atoms with Gasteiger partial charge in [0.15, 0.2) is 0 Å². The predicted molar refractivity (Wildman–Crippen MR) is 128 cm³/mol. The zero-order valence-electron chi connectivity index (χ0n) is 21.0. The number of allylic oxidation sites excluding steroid dienone is 2. The van der Waals surface area contributed by atoms with Crippen LogP contribution in [0.3, 0.4) is 0 Å². The smallest absolute Gasteiger partial charge is 0.102 e. The zero-order valence-corrected chi connectivity index (χ0v) is 21.0. The van der Waals surface area contributed by atoms with Gasteiger partial charge in [-0.2, -0.15) is 0 Å². The standard InChI is InChI=1S/C28H46O4/c1-17(2)18(3)7-8-19(4)21-11-14-27(31)23-15-24(30)28(32)16-20(29)9-12-26(28,6)22(23)10-13-25(21,27)5/h7-8,15,17-22,24,29-32H,9-14,16H2,1-6H3. The summed E-state index contributed by atoms with van der Waals surface area (Å²) in [5.41, 5.74) is -2.06. The molecule has 182 valence electrons. The van der Waals surface area contributed by atoms with Crippen molar-refractivity contribution in [2.75, 3.05) is 0 Å². The van der Waals surface area contributed by atoms with Crippen LogP contribution in [-0.2, 0) is 0 Å². The number of aliphatic hydroxyl groups is 4. The summed E-state index contributed by atoms with van der Waals surface area (Å²) in [6.07, 6.45) is 9.94. The molecule has 4 heteroatoms. The molecule has 4 nitrogen and oxygen atoms in total. The Bertz CT molecular complexity index is 788. The van der Waals surface area contributed by atoms with E-state index < -0.39 is 28.8 Å². The molecular formula is C28H46O4. The molecule has 0 heterocycles. The number of rotatable bonds is 4. The van der Waals surface area contributed by atoms with E-state index in [9.17, 15) is 20.4 Å². The first-order valence-corrected chi connectivity index (χ1v) is 13.0. The van der Waals surface area contributed by atoms with Crippen LogP contribution in [-0.4, -0.2) is 43.8 Å². The molecular weight excluding hydrogens is 400 g/mol. The van der Waals surface area contributed by atoms with Crippen LogP contribution >= 0.6 is 0 Å². The van der Waals surface area contributed by atoms with Gasteiger partial charge in [-0.15, -0.1) is 0 Å². The summed E-state index contributed by atoms with van der Waals surface area (Å²) in [5.74, 6) is 1.98. The van der Waals surface area contributed by atoms with Crippen LogP contribution in [0.5, 0.6) is 0 Å². The summed E-state index contributed by atoms with van der Waals surface area (Å²) in [6.45, 7) is 13.4. The fourth-order valence-electron chi connectivity index (χ4n) is 8.11. The minimum Gasteiger partial charge on any atom is -0.393 e. The molecule has 3 saturated carbocycles. The molecule has 0 aromatic heterocycles. The lowest BCUT2D eigenvalue weighted by Gasteiger charge is -2.63. The van der Waals surface area contributed by atoms with E-state index in [1.807, 2.05) is 0 Å². The minimum absolute atomic E-state index is 0.0482. The highest BCUT2D eigenvalue weighted by atomic mass is 16.3. The average Bonchev–Trinajstić information content (AvgIpc) is 3.00. The monoisotopic (exact) mass is 446 g/mol. The number of hydrogen-bond donors (Lipinski definition) is 4. The third-order valence-electron chi connectivity index (χ3n) is 10.9. The van der Waals surface area contributed by atoms with Gasteiger partial charge in [-0.25, -0.2) is 0 Å². The molecule has 0 bridgehead atoms. The summed E-state index contributed by atoms with van der Waals surface area (Å²) in [6, 6.07) is 0. The van der Waals surface area contributed by atoms with Crippen LogP contribution in [0.2, 0.25) is 0 Å². The van der Waals surface area contributed by atoms with E-state index in [0.717, 1.165) is 31.3 Å². The van der Waals surface area contributed by atoms with Gasteiger partial charge >= 0.3 is 0 Å². The second-order valence-corrected chi connectivity index (χ2v) is 12.7. The Morgan fingerprint density at radius 2 is 1.56 bits per heavy atom. The summed E-state index contributed by atoms with van der Waals surface area (Å²) < 4.78 is 0. The molecule has 32 heavy (non-hydrogen) atoms. The van der Waals surface area contributed by atoms with Gasteiger partial charge in [0.1, 0.15) is 11.7 Å². The summed E-state index contributed by atoms with van der Waals surface area (Å²) in [4.78, 5) is 0. The van der Waals surface area contributed by atoms with Crippen LogP contribution in [0.15, 0.2) is 23.8 Å². The molecule has 0 aromatic carbocycles. The third kappa shape index (κ3) is 3.23. The molecule has 3 fully saturated rings. The van der Waals surface area contributed by atoms with Crippen molar-refractivity contribution in [1.29, 1.82) is 0 Å². The Hall–Kier alpha value is -0.680. The lowest BCUT2D eigenvalue weighted by atomic mass is 9.44. The SMILES string of the molecule is CC(C)C(C)C=CC(C)C1CCC2(O)C3=CC(O)C4(O)CC(O)CCC4(C)C3CCC12C. The van der Waals surface area contributed by atoms with Crippen molar-refractivity contribution in [2.45, 2.75) is 110 Å². The largest absolute Gasteiger partial charge is 0.393 e. The minimum atomic E-state index is -1.33. The first-order chi connectivity index (χ1) is 14.8. The molecule has 0 spiro atoms.